The zero-order chi connectivity index (χ0) is 20.7. The van der Waals surface area contributed by atoms with Crippen LogP contribution in [-0.2, 0) is 9.53 Å². The van der Waals surface area contributed by atoms with Gasteiger partial charge in [-0.15, -0.1) is 11.3 Å². The van der Waals surface area contributed by atoms with Gasteiger partial charge in [-0.25, -0.2) is 4.79 Å². The fraction of sp³-hybridized carbons (Fsp3) is 0.478. The minimum atomic E-state index is -0.346. The summed E-state index contributed by atoms with van der Waals surface area (Å²) in [6.45, 7) is 5.74. The number of nitrogens with zero attached hydrogens (tertiary/aromatic N) is 2. The second-order valence-electron chi connectivity index (χ2n) is 8.59. The normalized spacial score (nSPS) is 27.5. The van der Waals surface area contributed by atoms with Crippen LogP contribution in [0.3, 0.4) is 0 Å². The molecule has 5 heterocycles. The maximum Gasteiger partial charge on any atom is 0.415 e. The lowest BCUT2D eigenvalue weighted by molar-refractivity contribution is -0.116. The smallest absolute Gasteiger partial charge is 0.415 e. The van der Waals surface area contributed by atoms with Gasteiger partial charge in [0, 0.05) is 29.4 Å². The number of amides is 2. The first-order valence-electron chi connectivity index (χ1n) is 10.8. The molecule has 1 spiro atoms. The van der Waals surface area contributed by atoms with Gasteiger partial charge in [0.25, 0.3) is 0 Å². The van der Waals surface area contributed by atoms with Gasteiger partial charge in [0.2, 0.25) is 5.91 Å². The van der Waals surface area contributed by atoms with Crippen molar-refractivity contribution in [3.63, 3.8) is 0 Å². The van der Waals surface area contributed by atoms with E-state index in [1.54, 1.807) is 11.3 Å². The van der Waals surface area contributed by atoms with Gasteiger partial charge >= 0.3 is 6.09 Å². The Balaban J connectivity index is 1.34. The maximum atomic E-state index is 12.8. The molecule has 0 unspecified atom stereocenters. The van der Waals surface area contributed by atoms with Crippen molar-refractivity contribution in [1.29, 1.82) is 0 Å². The summed E-state index contributed by atoms with van der Waals surface area (Å²) in [7, 11) is 0. The number of rotatable bonds is 5. The Labute approximate surface area is 180 Å². The highest BCUT2D eigenvalue weighted by molar-refractivity contribution is 7.19. The highest BCUT2D eigenvalue weighted by atomic mass is 32.1. The van der Waals surface area contributed by atoms with Crippen molar-refractivity contribution in [2.75, 3.05) is 36.4 Å². The fourth-order valence-electron chi connectivity index (χ4n) is 5.01. The Morgan fingerprint density at radius 1 is 1.23 bits per heavy atom. The van der Waals surface area contributed by atoms with Crippen molar-refractivity contribution in [3.8, 4) is 10.4 Å². The van der Waals surface area contributed by atoms with E-state index in [1.165, 1.54) is 0 Å². The number of nitrogens with one attached hydrogen (secondary N) is 1. The number of thiophene rings is 1. The van der Waals surface area contributed by atoms with Crippen molar-refractivity contribution in [2.45, 2.75) is 38.2 Å². The van der Waals surface area contributed by atoms with Crippen LogP contribution in [0.15, 0.2) is 36.4 Å². The Morgan fingerprint density at radius 3 is 2.80 bits per heavy atom. The molecule has 1 aromatic carbocycles. The highest BCUT2D eigenvalue weighted by Gasteiger charge is 2.55. The van der Waals surface area contributed by atoms with Gasteiger partial charge in [0.05, 0.1) is 6.54 Å². The number of hydrogen-bond donors (Lipinski definition) is 1. The van der Waals surface area contributed by atoms with Crippen LogP contribution >= 0.6 is 11.3 Å². The first kappa shape index (κ1) is 19.6. The SMILES string of the molecule is CCCC(=O)Nc1cccc(-c2ccc(N3C[C@@]4(CN5CCC4CC5)OC3=O)s2)c1. The molecule has 1 N–H and O–H groups in total. The quantitative estimate of drug-likeness (QED) is 0.762. The Bertz CT molecular complexity index is 966. The molecular formula is C23H27N3O3S. The van der Waals surface area contributed by atoms with Crippen LogP contribution in [0.25, 0.3) is 10.4 Å². The minimum absolute atomic E-state index is 0.0316. The molecule has 158 valence electrons. The number of piperidine rings is 3. The molecule has 0 saturated carbocycles. The summed E-state index contributed by atoms with van der Waals surface area (Å²) in [6.07, 6.45) is 3.36. The van der Waals surface area contributed by atoms with Crippen LogP contribution in [0.4, 0.5) is 15.5 Å². The Morgan fingerprint density at radius 2 is 2.07 bits per heavy atom. The largest absolute Gasteiger partial charge is 0.439 e. The monoisotopic (exact) mass is 425 g/mol. The van der Waals surface area contributed by atoms with Gasteiger partial charge in [-0.05, 0) is 62.2 Å². The summed E-state index contributed by atoms with van der Waals surface area (Å²) >= 11 is 1.59. The predicted octanol–water partition coefficient (Wildman–Crippen LogP) is 4.57. The Kier molecular flexibility index (Phi) is 5.03. The van der Waals surface area contributed by atoms with Gasteiger partial charge in [0.1, 0.15) is 10.6 Å². The lowest BCUT2D eigenvalue weighted by Crippen LogP contribution is -2.61. The van der Waals surface area contributed by atoms with Crippen molar-refractivity contribution >= 4 is 34.0 Å². The van der Waals surface area contributed by atoms with Gasteiger partial charge in [0.15, 0.2) is 0 Å². The first-order valence-corrected chi connectivity index (χ1v) is 11.6. The molecule has 4 aliphatic heterocycles. The van der Waals surface area contributed by atoms with E-state index < -0.39 is 0 Å². The maximum absolute atomic E-state index is 12.8. The molecule has 4 fully saturated rings. The number of benzene rings is 1. The molecule has 1 atom stereocenters. The van der Waals surface area contributed by atoms with Crippen LogP contribution in [-0.4, -0.2) is 48.7 Å². The third kappa shape index (κ3) is 3.50. The van der Waals surface area contributed by atoms with E-state index in [0.29, 0.717) is 18.9 Å². The molecule has 4 aliphatic rings. The number of carbonyl (C=O) groups excluding carboxylic acids is 2. The van der Waals surface area contributed by atoms with Crippen molar-refractivity contribution < 1.29 is 14.3 Å². The standard InChI is InChI=1S/C23H27N3O3S/c1-2-4-20(27)24-18-6-3-5-16(13-18)19-7-8-21(30-19)26-15-23(29-22(26)28)14-25-11-9-17(23)10-12-25/h3,5-8,13,17H,2,4,9-12,14-15H2,1H3,(H,24,27)/t23-/m1/s1. The molecule has 0 aliphatic carbocycles. The van der Waals surface area contributed by atoms with E-state index in [0.717, 1.165) is 60.0 Å². The van der Waals surface area contributed by atoms with Crippen molar-refractivity contribution in [1.82, 2.24) is 4.90 Å². The molecule has 2 bridgehead atoms. The van der Waals surface area contributed by atoms with E-state index in [2.05, 4.69) is 10.2 Å². The molecule has 2 aromatic rings. The fourth-order valence-corrected chi connectivity index (χ4v) is 6.00. The zero-order valence-corrected chi connectivity index (χ0v) is 18.0. The molecule has 0 radical (unpaired) electrons. The van der Waals surface area contributed by atoms with Gasteiger partial charge in [-0.1, -0.05) is 19.1 Å². The molecule has 1 aromatic heterocycles. The van der Waals surface area contributed by atoms with Gasteiger partial charge in [-0.2, -0.15) is 0 Å². The molecule has 30 heavy (non-hydrogen) atoms. The molecule has 2 amide bonds. The number of ether oxygens (including phenoxy) is 1. The second-order valence-corrected chi connectivity index (χ2v) is 9.65. The summed E-state index contributed by atoms with van der Waals surface area (Å²) < 4.78 is 6.00. The number of hydrogen-bond acceptors (Lipinski definition) is 5. The van der Waals surface area contributed by atoms with E-state index in [-0.39, 0.29) is 17.6 Å². The second kappa shape index (κ2) is 7.71. The number of fused-ring (bicyclic) bond motifs is 2. The van der Waals surface area contributed by atoms with Crippen LogP contribution in [0.2, 0.25) is 0 Å². The molecule has 6 rings (SSSR count). The molecule has 6 nitrogen and oxygen atoms in total. The van der Waals surface area contributed by atoms with Crippen LogP contribution in [0.1, 0.15) is 32.6 Å². The van der Waals surface area contributed by atoms with E-state index in [1.807, 2.05) is 48.2 Å². The van der Waals surface area contributed by atoms with Crippen molar-refractivity contribution in [2.24, 2.45) is 5.92 Å². The highest BCUT2D eigenvalue weighted by Crippen LogP contribution is 2.45. The third-order valence-corrected chi connectivity index (χ3v) is 7.68. The lowest BCUT2D eigenvalue weighted by Gasteiger charge is -2.49. The average Bonchev–Trinajstić information content (AvgIpc) is 3.34. The Hall–Kier alpha value is -2.38. The van der Waals surface area contributed by atoms with Crippen LogP contribution in [0.5, 0.6) is 0 Å². The summed E-state index contributed by atoms with van der Waals surface area (Å²) in [5.74, 6) is 0.503. The van der Waals surface area contributed by atoms with Crippen LogP contribution < -0.4 is 10.2 Å². The van der Waals surface area contributed by atoms with Crippen LogP contribution in [0, 0.1) is 5.92 Å². The summed E-state index contributed by atoms with van der Waals surface area (Å²) in [5, 5.41) is 3.87. The van der Waals surface area contributed by atoms with Gasteiger partial charge < -0.3 is 10.1 Å². The lowest BCUT2D eigenvalue weighted by atomic mass is 9.75. The number of carbonyl (C=O) groups is 2. The average molecular weight is 426 g/mol. The summed E-state index contributed by atoms with van der Waals surface area (Å²) in [5.41, 5.74) is 1.49. The van der Waals surface area contributed by atoms with E-state index in [4.69, 9.17) is 4.74 Å². The first-order chi connectivity index (χ1) is 14.6. The zero-order valence-electron chi connectivity index (χ0n) is 17.2. The van der Waals surface area contributed by atoms with Crippen molar-refractivity contribution in [3.05, 3.63) is 36.4 Å². The van der Waals surface area contributed by atoms with Gasteiger partial charge in [-0.3, -0.25) is 14.6 Å². The molecule has 4 saturated heterocycles. The third-order valence-electron chi connectivity index (χ3n) is 6.53. The summed E-state index contributed by atoms with van der Waals surface area (Å²) in [4.78, 5) is 30.0. The minimum Gasteiger partial charge on any atom is -0.439 e. The molecule has 7 heteroatoms. The number of anilines is 2. The predicted molar refractivity (Wildman–Crippen MR) is 119 cm³/mol. The molecular weight excluding hydrogens is 398 g/mol. The topological polar surface area (TPSA) is 61.9 Å². The summed E-state index contributed by atoms with van der Waals surface area (Å²) in [6, 6.07) is 11.9. The van der Waals surface area contributed by atoms with E-state index in [9.17, 15) is 9.59 Å². The van der Waals surface area contributed by atoms with E-state index >= 15 is 0 Å².